The average Bonchev–Trinajstić information content (AvgIpc) is 2.57. The molecule has 2 rings (SSSR count). The smallest absolute Gasteiger partial charge is 0.433 e. The van der Waals surface area contributed by atoms with Gasteiger partial charge in [0.1, 0.15) is 17.5 Å². The Labute approximate surface area is 103 Å². The van der Waals surface area contributed by atoms with Crippen LogP contribution < -0.4 is 10.1 Å². The second-order valence-corrected chi connectivity index (χ2v) is 4.30. The maximum Gasteiger partial charge on any atom is 0.433 e. The van der Waals surface area contributed by atoms with Gasteiger partial charge in [0.15, 0.2) is 0 Å². The molecule has 0 radical (unpaired) electrons. The highest BCUT2D eigenvalue weighted by molar-refractivity contribution is 5.21. The minimum absolute atomic E-state index is 0.0542. The molecule has 3 nitrogen and oxygen atoms in total. The second-order valence-electron chi connectivity index (χ2n) is 4.30. The lowest BCUT2D eigenvalue weighted by molar-refractivity contribution is -0.141. The summed E-state index contributed by atoms with van der Waals surface area (Å²) in [6.45, 7) is 1.84. The molecule has 100 valence electrons. The standard InChI is InChI=1S/C12H15F3N2O/c13-12(14,15)11-4-3-10(8-17-11)18-9-2-1-6-16-7-5-9/h3-4,8-9,16H,1-2,5-7H2. The van der Waals surface area contributed by atoms with Gasteiger partial charge < -0.3 is 10.1 Å². The van der Waals surface area contributed by atoms with Crippen LogP contribution in [0.3, 0.4) is 0 Å². The summed E-state index contributed by atoms with van der Waals surface area (Å²) < 4.78 is 42.6. The van der Waals surface area contributed by atoms with Gasteiger partial charge in [0.2, 0.25) is 0 Å². The van der Waals surface area contributed by atoms with Crippen molar-refractivity contribution in [1.82, 2.24) is 10.3 Å². The molecular weight excluding hydrogens is 245 g/mol. The number of rotatable bonds is 2. The van der Waals surface area contributed by atoms with E-state index in [-0.39, 0.29) is 6.10 Å². The number of halogens is 3. The molecule has 2 heterocycles. The van der Waals surface area contributed by atoms with Gasteiger partial charge in [0, 0.05) is 0 Å². The molecule has 18 heavy (non-hydrogen) atoms. The van der Waals surface area contributed by atoms with Crippen LogP contribution in [0.15, 0.2) is 18.3 Å². The molecule has 0 aliphatic carbocycles. The van der Waals surface area contributed by atoms with E-state index >= 15 is 0 Å². The van der Waals surface area contributed by atoms with Crippen molar-refractivity contribution in [2.45, 2.75) is 31.5 Å². The monoisotopic (exact) mass is 260 g/mol. The van der Waals surface area contributed by atoms with E-state index in [1.165, 1.54) is 6.07 Å². The summed E-state index contributed by atoms with van der Waals surface area (Å²) in [5.74, 6) is 0.398. The van der Waals surface area contributed by atoms with Crippen LogP contribution in [0.25, 0.3) is 0 Å². The fourth-order valence-corrected chi connectivity index (χ4v) is 1.92. The van der Waals surface area contributed by atoms with Crippen LogP contribution in [0.4, 0.5) is 13.2 Å². The lowest BCUT2D eigenvalue weighted by atomic mass is 10.1. The van der Waals surface area contributed by atoms with Crippen molar-refractivity contribution in [2.24, 2.45) is 0 Å². The van der Waals surface area contributed by atoms with Crippen molar-refractivity contribution in [3.8, 4) is 5.75 Å². The van der Waals surface area contributed by atoms with E-state index in [1.54, 1.807) is 0 Å². The van der Waals surface area contributed by atoms with Gasteiger partial charge in [-0.25, -0.2) is 4.98 Å². The zero-order valence-electron chi connectivity index (χ0n) is 9.83. The maximum atomic E-state index is 12.3. The molecule has 1 aliphatic heterocycles. The number of pyridine rings is 1. The Morgan fingerprint density at radius 3 is 2.72 bits per heavy atom. The number of ether oxygens (including phenoxy) is 1. The van der Waals surface area contributed by atoms with Crippen LogP contribution in [0.5, 0.6) is 5.75 Å². The maximum absolute atomic E-state index is 12.3. The minimum atomic E-state index is -4.40. The van der Waals surface area contributed by atoms with E-state index in [4.69, 9.17) is 4.74 Å². The Kier molecular flexibility index (Phi) is 4.06. The van der Waals surface area contributed by atoms with Gasteiger partial charge in [0.25, 0.3) is 0 Å². The third-order valence-electron chi connectivity index (χ3n) is 2.85. The highest BCUT2D eigenvalue weighted by Crippen LogP contribution is 2.28. The van der Waals surface area contributed by atoms with E-state index < -0.39 is 11.9 Å². The summed E-state index contributed by atoms with van der Waals surface area (Å²) in [7, 11) is 0. The molecule has 0 saturated carbocycles. The second kappa shape index (κ2) is 5.56. The van der Waals surface area contributed by atoms with E-state index in [0.29, 0.717) is 5.75 Å². The van der Waals surface area contributed by atoms with Gasteiger partial charge in [-0.3, -0.25) is 0 Å². The minimum Gasteiger partial charge on any atom is -0.489 e. The third-order valence-corrected chi connectivity index (χ3v) is 2.85. The normalized spacial score (nSPS) is 21.4. The number of hydrogen-bond acceptors (Lipinski definition) is 3. The van der Waals surface area contributed by atoms with Crippen LogP contribution in [-0.2, 0) is 6.18 Å². The quantitative estimate of drug-likeness (QED) is 0.887. The van der Waals surface area contributed by atoms with E-state index in [9.17, 15) is 13.2 Å². The summed E-state index contributed by atoms with van der Waals surface area (Å²) in [4.78, 5) is 3.37. The number of nitrogens with zero attached hydrogens (tertiary/aromatic N) is 1. The van der Waals surface area contributed by atoms with Gasteiger partial charge in [-0.2, -0.15) is 13.2 Å². The fourth-order valence-electron chi connectivity index (χ4n) is 1.92. The van der Waals surface area contributed by atoms with Crippen molar-refractivity contribution < 1.29 is 17.9 Å². The molecule has 1 fully saturated rings. The summed E-state index contributed by atoms with van der Waals surface area (Å²) in [5.41, 5.74) is -0.891. The molecular formula is C12H15F3N2O. The predicted octanol–water partition coefficient (Wildman–Crippen LogP) is 2.62. The van der Waals surface area contributed by atoms with Crippen LogP contribution in [0, 0.1) is 0 Å². The van der Waals surface area contributed by atoms with E-state index in [0.717, 1.165) is 44.6 Å². The summed E-state index contributed by atoms with van der Waals surface area (Å²) in [6, 6.07) is 2.28. The zero-order valence-corrected chi connectivity index (χ0v) is 9.83. The Morgan fingerprint density at radius 2 is 2.06 bits per heavy atom. The SMILES string of the molecule is FC(F)(F)c1ccc(OC2CCCNCC2)cn1. The van der Waals surface area contributed by atoms with Crippen LogP contribution in [-0.4, -0.2) is 24.2 Å². The Bertz CT molecular complexity index is 370. The molecule has 1 N–H and O–H groups in total. The van der Waals surface area contributed by atoms with Gasteiger partial charge >= 0.3 is 6.18 Å². The lowest BCUT2D eigenvalue weighted by Crippen LogP contribution is -2.19. The molecule has 1 aromatic rings. The largest absolute Gasteiger partial charge is 0.489 e. The molecule has 1 atom stereocenters. The summed E-state index contributed by atoms with van der Waals surface area (Å²) >= 11 is 0. The topological polar surface area (TPSA) is 34.1 Å². The molecule has 1 saturated heterocycles. The van der Waals surface area contributed by atoms with Crippen molar-refractivity contribution in [1.29, 1.82) is 0 Å². The Hall–Kier alpha value is -1.30. The predicted molar refractivity (Wildman–Crippen MR) is 60.4 cm³/mol. The highest BCUT2D eigenvalue weighted by Gasteiger charge is 2.32. The van der Waals surface area contributed by atoms with Gasteiger partial charge in [-0.1, -0.05) is 0 Å². The number of nitrogens with one attached hydrogen (secondary N) is 1. The van der Waals surface area contributed by atoms with Crippen LogP contribution in [0.1, 0.15) is 25.0 Å². The van der Waals surface area contributed by atoms with Crippen molar-refractivity contribution >= 4 is 0 Å². The van der Waals surface area contributed by atoms with Gasteiger partial charge in [-0.15, -0.1) is 0 Å². The van der Waals surface area contributed by atoms with Gasteiger partial charge in [-0.05, 0) is 44.5 Å². The summed E-state index contributed by atoms with van der Waals surface area (Å²) in [6.07, 6.45) is -0.418. The Balaban J connectivity index is 1.97. The molecule has 0 spiro atoms. The first kappa shape index (κ1) is 13.1. The van der Waals surface area contributed by atoms with Gasteiger partial charge in [0.05, 0.1) is 6.20 Å². The van der Waals surface area contributed by atoms with Crippen molar-refractivity contribution in [3.05, 3.63) is 24.0 Å². The average molecular weight is 260 g/mol. The molecule has 6 heteroatoms. The first-order valence-corrected chi connectivity index (χ1v) is 5.96. The molecule has 1 aliphatic rings. The number of alkyl halides is 3. The zero-order chi connectivity index (χ0) is 13.0. The lowest BCUT2D eigenvalue weighted by Gasteiger charge is -2.16. The first-order valence-electron chi connectivity index (χ1n) is 5.96. The van der Waals surface area contributed by atoms with Crippen LogP contribution >= 0.6 is 0 Å². The van der Waals surface area contributed by atoms with E-state index in [1.807, 2.05) is 0 Å². The Morgan fingerprint density at radius 1 is 1.22 bits per heavy atom. The molecule has 0 amide bonds. The fraction of sp³-hybridized carbons (Fsp3) is 0.583. The molecule has 1 aromatic heterocycles. The van der Waals surface area contributed by atoms with Crippen molar-refractivity contribution in [2.75, 3.05) is 13.1 Å². The number of hydrogen-bond donors (Lipinski definition) is 1. The number of aromatic nitrogens is 1. The first-order chi connectivity index (χ1) is 8.55. The van der Waals surface area contributed by atoms with Crippen molar-refractivity contribution in [3.63, 3.8) is 0 Å². The molecule has 1 unspecified atom stereocenters. The third kappa shape index (κ3) is 3.60. The summed E-state index contributed by atoms with van der Waals surface area (Å²) in [5, 5.41) is 3.25. The molecule has 0 bridgehead atoms. The van der Waals surface area contributed by atoms with E-state index in [2.05, 4.69) is 10.3 Å². The molecule has 0 aromatic carbocycles. The van der Waals surface area contributed by atoms with Crippen LogP contribution in [0.2, 0.25) is 0 Å². The highest BCUT2D eigenvalue weighted by atomic mass is 19.4.